The lowest BCUT2D eigenvalue weighted by Gasteiger charge is -2.30. The lowest BCUT2D eigenvalue weighted by atomic mass is 10.1. The van der Waals surface area contributed by atoms with Crippen molar-refractivity contribution in [3.05, 3.63) is 63.6 Å². The van der Waals surface area contributed by atoms with Gasteiger partial charge in [-0.1, -0.05) is 60.8 Å². The van der Waals surface area contributed by atoms with Crippen molar-refractivity contribution in [3.63, 3.8) is 0 Å². The predicted octanol–water partition coefficient (Wildman–Crippen LogP) is 4.84. The molecule has 3 rings (SSSR count). The van der Waals surface area contributed by atoms with E-state index in [2.05, 4.69) is 22.3 Å². The van der Waals surface area contributed by atoms with Crippen LogP contribution < -0.4 is 9.62 Å². The molecule has 1 fully saturated rings. The molecule has 1 N–H and O–H groups in total. The summed E-state index contributed by atoms with van der Waals surface area (Å²) in [6.07, 6.45) is 5.14. The number of hydrogen-bond acceptors (Lipinski definition) is 4. The summed E-state index contributed by atoms with van der Waals surface area (Å²) in [5.41, 5.74) is 2.45. The zero-order valence-corrected chi connectivity index (χ0v) is 21.4. The fourth-order valence-electron chi connectivity index (χ4n) is 4.25. The van der Waals surface area contributed by atoms with E-state index < -0.39 is 16.1 Å². The van der Waals surface area contributed by atoms with E-state index in [0.717, 1.165) is 35.8 Å². The molecule has 1 saturated heterocycles. The molecule has 9 heteroatoms. The zero-order valence-electron chi connectivity index (χ0n) is 19.1. The Bertz CT molecular complexity index is 1050. The van der Waals surface area contributed by atoms with Gasteiger partial charge < -0.3 is 5.32 Å². The molecule has 1 heterocycles. The molecular weight excluding hydrogens is 481 g/mol. The number of amides is 1. The fraction of sp³-hybridized carbons (Fsp3) is 0.458. The minimum Gasteiger partial charge on any atom is -0.350 e. The maximum Gasteiger partial charge on any atom is 0.244 e. The Morgan fingerprint density at radius 3 is 2.30 bits per heavy atom. The third-order valence-corrected chi connectivity index (χ3v) is 7.36. The number of carbonyl (C=O) groups excluding carboxylic acids is 1. The van der Waals surface area contributed by atoms with Crippen molar-refractivity contribution in [2.24, 2.45) is 0 Å². The minimum absolute atomic E-state index is 0.264. The van der Waals surface area contributed by atoms with Crippen molar-refractivity contribution in [1.82, 2.24) is 10.2 Å². The number of anilines is 1. The average Bonchev–Trinajstić information content (AvgIpc) is 2.75. The first-order valence-corrected chi connectivity index (χ1v) is 13.8. The highest BCUT2D eigenvalue weighted by molar-refractivity contribution is 7.92. The first-order chi connectivity index (χ1) is 15.7. The van der Waals surface area contributed by atoms with Crippen molar-refractivity contribution in [2.75, 3.05) is 23.7 Å². The molecule has 1 aliphatic heterocycles. The maximum absolute atomic E-state index is 13.1. The van der Waals surface area contributed by atoms with E-state index in [1.807, 2.05) is 12.1 Å². The Balaban J connectivity index is 1.72. The highest BCUT2D eigenvalue weighted by atomic mass is 35.5. The van der Waals surface area contributed by atoms with Crippen LogP contribution in [-0.2, 0) is 27.9 Å². The van der Waals surface area contributed by atoms with Gasteiger partial charge in [0, 0.05) is 23.1 Å². The molecule has 0 unspecified atom stereocenters. The zero-order chi connectivity index (χ0) is 24.0. The van der Waals surface area contributed by atoms with Crippen LogP contribution in [0.4, 0.5) is 5.69 Å². The van der Waals surface area contributed by atoms with E-state index in [0.29, 0.717) is 16.6 Å². The Morgan fingerprint density at radius 2 is 1.70 bits per heavy atom. The average molecular weight is 513 g/mol. The quantitative estimate of drug-likeness (QED) is 0.522. The van der Waals surface area contributed by atoms with Crippen molar-refractivity contribution in [1.29, 1.82) is 0 Å². The summed E-state index contributed by atoms with van der Waals surface area (Å²) in [4.78, 5) is 15.5. The van der Waals surface area contributed by atoms with Gasteiger partial charge in [0.2, 0.25) is 15.9 Å². The molecule has 180 valence electrons. The second-order valence-electron chi connectivity index (χ2n) is 8.49. The molecule has 0 bridgehead atoms. The lowest BCUT2D eigenvalue weighted by molar-refractivity contribution is -0.122. The van der Waals surface area contributed by atoms with Gasteiger partial charge in [0.25, 0.3) is 0 Å². The normalized spacial score (nSPS) is 15.8. The van der Waals surface area contributed by atoms with Crippen LogP contribution >= 0.6 is 23.2 Å². The van der Waals surface area contributed by atoms with Crippen molar-refractivity contribution in [3.8, 4) is 0 Å². The van der Waals surface area contributed by atoms with Gasteiger partial charge in [0.05, 0.1) is 11.9 Å². The minimum atomic E-state index is -3.76. The van der Waals surface area contributed by atoms with E-state index in [-0.39, 0.29) is 18.0 Å². The van der Waals surface area contributed by atoms with E-state index in [1.54, 1.807) is 6.92 Å². The first-order valence-electron chi connectivity index (χ1n) is 11.2. The molecule has 0 saturated carbocycles. The number of halogens is 2. The maximum atomic E-state index is 13.1. The second-order valence-corrected chi connectivity index (χ2v) is 11.2. The number of rotatable bonds is 9. The van der Waals surface area contributed by atoms with Crippen LogP contribution in [0.1, 0.15) is 43.7 Å². The Hall–Kier alpha value is -1.80. The molecule has 33 heavy (non-hydrogen) atoms. The van der Waals surface area contributed by atoms with Crippen LogP contribution in [0.25, 0.3) is 0 Å². The highest BCUT2D eigenvalue weighted by Gasteiger charge is 2.31. The molecule has 0 radical (unpaired) electrons. The molecule has 2 aromatic rings. The van der Waals surface area contributed by atoms with Gasteiger partial charge in [-0.05, 0) is 61.7 Å². The molecule has 1 aliphatic rings. The Labute approximate surface area is 206 Å². The standard InChI is InChI=1S/C24H31Cl2N3O3S/c1-3-23(29(33(2,31)32)22-14-20(25)13-21(26)15-22)24(30)27-16-18-8-7-9-19(12-18)17-28-10-5-4-6-11-28/h7-9,12-15,23H,3-6,10-11,16-17H2,1-2H3,(H,27,30)/t23-/m1/s1. The Morgan fingerprint density at radius 1 is 1.06 bits per heavy atom. The number of nitrogens with one attached hydrogen (secondary N) is 1. The highest BCUT2D eigenvalue weighted by Crippen LogP contribution is 2.29. The molecule has 0 aromatic heterocycles. The number of hydrogen-bond donors (Lipinski definition) is 1. The predicted molar refractivity (Wildman–Crippen MR) is 135 cm³/mol. The molecule has 0 aliphatic carbocycles. The van der Waals surface area contributed by atoms with Crippen LogP contribution in [-0.4, -0.2) is 44.6 Å². The number of sulfonamides is 1. The number of likely N-dealkylation sites (tertiary alicyclic amines) is 1. The van der Waals surface area contributed by atoms with Crippen LogP contribution in [0.5, 0.6) is 0 Å². The molecular formula is C24H31Cl2N3O3S. The molecule has 0 spiro atoms. The van der Waals surface area contributed by atoms with Gasteiger partial charge in [0.1, 0.15) is 6.04 Å². The van der Waals surface area contributed by atoms with Gasteiger partial charge in [-0.3, -0.25) is 14.0 Å². The van der Waals surface area contributed by atoms with Crippen LogP contribution in [0.3, 0.4) is 0 Å². The summed E-state index contributed by atoms with van der Waals surface area (Å²) in [7, 11) is -3.76. The largest absolute Gasteiger partial charge is 0.350 e. The SMILES string of the molecule is CC[C@H](C(=O)NCc1cccc(CN2CCCCC2)c1)N(c1cc(Cl)cc(Cl)c1)S(C)(=O)=O. The molecule has 6 nitrogen and oxygen atoms in total. The monoisotopic (exact) mass is 511 g/mol. The van der Waals surface area contributed by atoms with E-state index in [1.165, 1.54) is 43.0 Å². The second kappa shape index (κ2) is 11.6. The third-order valence-electron chi connectivity index (χ3n) is 5.74. The van der Waals surface area contributed by atoms with Crippen LogP contribution in [0.15, 0.2) is 42.5 Å². The van der Waals surface area contributed by atoms with E-state index in [9.17, 15) is 13.2 Å². The summed E-state index contributed by atoms with van der Waals surface area (Å²) in [6, 6.07) is 11.7. The number of piperidine rings is 1. The van der Waals surface area contributed by atoms with Crippen molar-refractivity contribution >= 4 is 44.8 Å². The third kappa shape index (κ3) is 7.34. The summed E-state index contributed by atoms with van der Waals surface area (Å²) in [5.74, 6) is -0.375. The van der Waals surface area contributed by atoms with Gasteiger partial charge >= 0.3 is 0 Å². The summed E-state index contributed by atoms with van der Waals surface area (Å²) >= 11 is 12.2. The molecule has 1 amide bonds. The summed E-state index contributed by atoms with van der Waals surface area (Å²) in [5, 5.41) is 3.50. The summed E-state index contributed by atoms with van der Waals surface area (Å²) < 4.78 is 26.3. The van der Waals surface area contributed by atoms with Crippen molar-refractivity contribution < 1.29 is 13.2 Å². The number of carbonyl (C=O) groups is 1. The van der Waals surface area contributed by atoms with Gasteiger partial charge in [-0.15, -0.1) is 0 Å². The van der Waals surface area contributed by atoms with Gasteiger partial charge in [0.15, 0.2) is 0 Å². The first kappa shape index (κ1) is 25.8. The number of nitrogens with zero attached hydrogens (tertiary/aromatic N) is 2. The molecule has 1 atom stereocenters. The van der Waals surface area contributed by atoms with E-state index in [4.69, 9.17) is 23.2 Å². The van der Waals surface area contributed by atoms with Crippen molar-refractivity contribution in [2.45, 2.75) is 51.7 Å². The van der Waals surface area contributed by atoms with Gasteiger partial charge in [-0.25, -0.2) is 8.42 Å². The lowest BCUT2D eigenvalue weighted by Crippen LogP contribution is -2.49. The van der Waals surface area contributed by atoms with Crippen LogP contribution in [0.2, 0.25) is 10.0 Å². The topological polar surface area (TPSA) is 69.7 Å². The summed E-state index contributed by atoms with van der Waals surface area (Å²) in [6.45, 7) is 5.23. The van der Waals surface area contributed by atoms with E-state index >= 15 is 0 Å². The fourth-order valence-corrected chi connectivity index (χ4v) is 5.96. The van der Waals surface area contributed by atoms with Crippen LogP contribution in [0, 0.1) is 0 Å². The molecule has 2 aromatic carbocycles. The number of benzene rings is 2. The smallest absolute Gasteiger partial charge is 0.244 e. The van der Waals surface area contributed by atoms with Gasteiger partial charge in [-0.2, -0.15) is 0 Å². The Kier molecular flexibility index (Phi) is 9.04.